The van der Waals surface area contributed by atoms with Gasteiger partial charge in [-0.05, 0) is 86.2 Å². The summed E-state index contributed by atoms with van der Waals surface area (Å²) in [5.74, 6) is -0.880. The fourth-order valence-corrected chi connectivity index (χ4v) is 7.03. The van der Waals surface area contributed by atoms with Crippen LogP contribution in [0.15, 0.2) is 72.8 Å². The molecular formula is C39H51FN4O4. The Morgan fingerprint density at radius 3 is 2.27 bits per heavy atom. The third-order valence-electron chi connectivity index (χ3n) is 9.91. The summed E-state index contributed by atoms with van der Waals surface area (Å²) in [6, 6.07) is 22.9. The van der Waals surface area contributed by atoms with Crippen LogP contribution in [0.4, 0.5) is 4.39 Å². The first-order valence-corrected chi connectivity index (χ1v) is 17.6. The molecule has 3 aromatic rings. The third-order valence-corrected chi connectivity index (χ3v) is 9.91. The third kappa shape index (κ3) is 9.72. The molecule has 3 aromatic carbocycles. The van der Waals surface area contributed by atoms with Gasteiger partial charge in [0.15, 0.2) is 0 Å². The highest BCUT2D eigenvalue weighted by atomic mass is 19.1. The van der Waals surface area contributed by atoms with E-state index in [1.807, 2.05) is 60.7 Å². The molecule has 0 radical (unpaired) electrons. The summed E-state index contributed by atoms with van der Waals surface area (Å²) in [4.78, 5) is 32.2. The van der Waals surface area contributed by atoms with Crippen LogP contribution in [0.2, 0.25) is 0 Å². The Bertz CT molecular complexity index is 1470. The number of aliphatic hydroxyl groups is 1. The zero-order valence-electron chi connectivity index (χ0n) is 28.5. The van der Waals surface area contributed by atoms with E-state index in [9.17, 15) is 19.1 Å². The van der Waals surface area contributed by atoms with Gasteiger partial charge in [0.2, 0.25) is 0 Å². The van der Waals surface area contributed by atoms with E-state index in [1.165, 1.54) is 6.07 Å². The van der Waals surface area contributed by atoms with Crippen molar-refractivity contribution in [2.75, 3.05) is 52.4 Å². The molecule has 1 unspecified atom stereocenters. The Hall–Kier alpha value is -3.63. The maximum atomic E-state index is 15.0. The minimum Gasteiger partial charge on any atom is -0.462 e. The van der Waals surface area contributed by atoms with Gasteiger partial charge in [-0.25, -0.2) is 4.39 Å². The van der Waals surface area contributed by atoms with E-state index < -0.39 is 18.0 Å². The van der Waals surface area contributed by atoms with Crippen molar-refractivity contribution in [2.45, 2.75) is 64.8 Å². The largest absolute Gasteiger partial charge is 0.462 e. The van der Waals surface area contributed by atoms with E-state index >= 15 is 0 Å². The minimum absolute atomic E-state index is 0.0549. The van der Waals surface area contributed by atoms with Crippen LogP contribution in [-0.2, 0) is 22.5 Å². The molecule has 2 heterocycles. The fraction of sp³-hybridized carbons (Fsp3) is 0.487. The molecule has 258 valence electrons. The summed E-state index contributed by atoms with van der Waals surface area (Å²) >= 11 is 0. The Kier molecular flexibility index (Phi) is 13.1. The van der Waals surface area contributed by atoms with Crippen molar-refractivity contribution < 1.29 is 23.8 Å². The molecular weight excluding hydrogens is 607 g/mol. The van der Waals surface area contributed by atoms with E-state index in [4.69, 9.17) is 4.74 Å². The average Bonchev–Trinajstić information content (AvgIpc) is 3.10. The lowest BCUT2D eigenvalue weighted by Crippen LogP contribution is -2.45. The smallest absolute Gasteiger partial charge is 0.310 e. The average molecular weight is 659 g/mol. The van der Waals surface area contributed by atoms with Crippen LogP contribution in [0.1, 0.15) is 61.0 Å². The number of ether oxygens (including phenoxy) is 1. The van der Waals surface area contributed by atoms with Crippen molar-refractivity contribution in [2.24, 2.45) is 5.92 Å². The fourth-order valence-electron chi connectivity index (χ4n) is 7.03. The van der Waals surface area contributed by atoms with E-state index in [1.54, 1.807) is 6.07 Å². The Morgan fingerprint density at radius 1 is 0.917 bits per heavy atom. The minimum atomic E-state index is -0.508. The number of nitrogens with one attached hydrogen (secondary N) is 1. The molecule has 2 aliphatic rings. The number of esters is 1. The molecule has 1 atom stereocenters. The zero-order valence-corrected chi connectivity index (χ0v) is 28.5. The first-order chi connectivity index (χ1) is 23.3. The number of rotatable bonds is 14. The van der Waals surface area contributed by atoms with Crippen molar-refractivity contribution >= 4 is 11.9 Å². The molecule has 0 aliphatic carbocycles. The summed E-state index contributed by atoms with van der Waals surface area (Å²) in [5.41, 5.74) is 3.98. The van der Waals surface area contributed by atoms with Gasteiger partial charge in [0.1, 0.15) is 18.1 Å². The molecule has 48 heavy (non-hydrogen) atoms. The second-order valence-corrected chi connectivity index (χ2v) is 13.0. The van der Waals surface area contributed by atoms with Gasteiger partial charge in [-0.3, -0.25) is 19.4 Å². The van der Waals surface area contributed by atoms with Crippen molar-refractivity contribution in [3.05, 3.63) is 95.3 Å². The highest BCUT2D eigenvalue weighted by Gasteiger charge is 2.28. The van der Waals surface area contributed by atoms with Crippen molar-refractivity contribution in [3.63, 3.8) is 0 Å². The van der Waals surface area contributed by atoms with E-state index in [0.717, 1.165) is 87.2 Å². The number of carbonyl (C=O) groups excluding carboxylic acids is 2. The second-order valence-electron chi connectivity index (χ2n) is 13.0. The molecule has 2 aliphatic heterocycles. The van der Waals surface area contributed by atoms with Crippen LogP contribution in [0.25, 0.3) is 11.1 Å². The number of carbonyl (C=O) groups is 2. The zero-order chi connectivity index (χ0) is 33.9. The number of hydrogen-bond donors (Lipinski definition) is 2. The molecule has 5 rings (SSSR count). The monoisotopic (exact) mass is 658 g/mol. The predicted octanol–water partition coefficient (Wildman–Crippen LogP) is 5.35. The second kappa shape index (κ2) is 17.7. The number of hydrogen-bond acceptors (Lipinski definition) is 7. The number of benzene rings is 3. The molecule has 2 fully saturated rings. The van der Waals surface area contributed by atoms with Crippen molar-refractivity contribution in [3.8, 4) is 11.1 Å². The maximum Gasteiger partial charge on any atom is 0.310 e. The summed E-state index contributed by atoms with van der Waals surface area (Å²) in [6.07, 6.45) is 3.00. The SMILES string of the molecule is CCN(CC)C(O)C1CCN(Cc2ccc(C(=O)NCCN3CCC(OC(=O)Cc4ccccc4-c4ccccc4)CC3)c(F)c2)CC1. The standard InChI is InChI=1S/C39H51FN4O4/c1-3-44(4-2)39(47)31-16-21-43(22-17-31)28-29-14-15-35(36(40)26-29)38(46)41-20-25-42-23-18-33(19-24-42)48-37(45)27-32-12-8-9-13-34(32)30-10-6-5-7-11-30/h5-15,26,31,33,39,47H,3-4,16-25,27-28H2,1-2H3,(H,41,46). The van der Waals surface area contributed by atoms with Gasteiger partial charge in [0.05, 0.1) is 12.0 Å². The molecule has 0 spiro atoms. The van der Waals surface area contributed by atoms with E-state index in [2.05, 4.69) is 33.9 Å². The first-order valence-electron chi connectivity index (χ1n) is 17.6. The normalized spacial score (nSPS) is 17.4. The Morgan fingerprint density at radius 2 is 1.58 bits per heavy atom. The van der Waals surface area contributed by atoms with Crippen LogP contribution in [0.5, 0.6) is 0 Å². The predicted molar refractivity (Wildman–Crippen MR) is 187 cm³/mol. The quantitative estimate of drug-likeness (QED) is 0.179. The van der Waals surface area contributed by atoms with Crippen LogP contribution in [0.3, 0.4) is 0 Å². The van der Waals surface area contributed by atoms with Gasteiger partial charge in [-0.1, -0.05) is 74.5 Å². The number of amides is 1. The highest BCUT2D eigenvalue weighted by molar-refractivity contribution is 5.94. The molecule has 0 bridgehead atoms. The van der Waals surface area contributed by atoms with E-state index in [0.29, 0.717) is 19.6 Å². The lowest BCUT2D eigenvalue weighted by molar-refractivity contribution is -0.150. The molecule has 9 heteroatoms. The van der Waals surface area contributed by atoms with Crippen LogP contribution in [0, 0.1) is 11.7 Å². The van der Waals surface area contributed by atoms with Crippen LogP contribution in [-0.4, -0.2) is 96.4 Å². The molecule has 0 aromatic heterocycles. The van der Waals surface area contributed by atoms with Gasteiger partial charge in [0.25, 0.3) is 5.91 Å². The number of nitrogens with zero attached hydrogens (tertiary/aromatic N) is 3. The summed E-state index contributed by atoms with van der Waals surface area (Å²) in [7, 11) is 0. The Labute approximate surface area is 284 Å². The summed E-state index contributed by atoms with van der Waals surface area (Å²) < 4.78 is 20.8. The first kappa shape index (κ1) is 35.7. The van der Waals surface area contributed by atoms with Crippen LogP contribution < -0.4 is 5.32 Å². The number of piperidine rings is 2. The summed E-state index contributed by atoms with van der Waals surface area (Å²) in [6.45, 7) is 10.7. The number of halogens is 1. The highest BCUT2D eigenvalue weighted by Crippen LogP contribution is 2.26. The molecule has 1 amide bonds. The molecule has 8 nitrogen and oxygen atoms in total. The van der Waals surface area contributed by atoms with Gasteiger partial charge >= 0.3 is 5.97 Å². The summed E-state index contributed by atoms with van der Waals surface area (Å²) in [5, 5.41) is 13.5. The number of likely N-dealkylation sites (tertiary alicyclic amines) is 2. The van der Waals surface area contributed by atoms with Gasteiger partial charge < -0.3 is 20.1 Å². The van der Waals surface area contributed by atoms with Gasteiger partial charge in [0, 0.05) is 38.6 Å². The number of aliphatic hydroxyl groups excluding tert-OH is 1. The van der Waals surface area contributed by atoms with Crippen LogP contribution >= 0.6 is 0 Å². The lowest BCUT2D eigenvalue weighted by atomic mass is 9.94. The molecule has 2 saturated heterocycles. The van der Waals surface area contributed by atoms with E-state index in [-0.39, 0.29) is 30.0 Å². The maximum absolute atomic E-state index is 15.0. The molecule has 2 N–H and O–H groups in total. The topological polar surface area (TPSA) is 85.3 Å². The lowest BCUT2D eigenvalue weighted by Gasteiger charge is -2.38. The molecule has 0 saturated carbocycles. The van der Waals surface area contributed by atoms with Crippen molar-refractivity contribution in [1.29, 1.82) is 0 Å². The van der Waals surface area contributed by atoms with Crippen molar-refractivity contribution in [1.82, 2.24) is 20.0 Å². The van der Waals surface area contributed by atoms with Gasteiger partial charge in [-0.15, -0.1) is 0 Å². The Balaban J connectivity index is 0.997. The van der Waals surface area contributed by atoms with Gasteiger partial charge in [-0.2, -0.15) is 0 Å².